The first-order valence-corrected chi connectivity index (χ1v) is 10.5. The van der Waals surface area contributed by atoms with E-state index in [1.54, 1.807) is 26.5 Å². The SMILES string of the molecule is COc1cc(OC)c(Cl)c(-c2ccc3nc(N[C@@H]4CN[C@H](CC#N)C4)ncc3c2)c1Cl. The Morgan fingerprint density at radius 3 is 2.61 bits per heavy atom. The van der Waals surface area contributed by atoms with Crippen molar-refractivity contribution in [2.24, 2.45) is 0 Å². The van der Waals surface area contributed by atoms with Crippen molar-refractivity contribution >= 4 is 40.1 Å². The molecular formula is C22H21Cl2N5O2. The van der Waals surface area contributed by atoms with Crippen LogP contribution in [0, 0.1) is 11.3 Å². The second-order valence-corrected chi connectivity index (χ2v) is 8.05. The summed E-state index contributed by atoms with van der Waals surface area (Å²) in [6.45, 7) is 0.779. The van der Waals surface area contributed by atoms with Gasteiger partial charge in [-0.2, -0.15) is 5.26 Å². The van der Waals surface area contributed by atoms with Gasteiger partial charge in [-0.3, -0.25) is 0 Å². The second kappa shape index (κ2) is 9.15. The number of nitriles is 1. The molecule has 1 aromatic heterocycles. The van der Waals surface area contributed by atoms with Crippen molar-refractivity contribution in [2.45, 2.75) is 24.9 Å². The summed E-state index contributed by atoms with van der Waals surface area (Å²) in [5.41, 5.74) is 2.23. The molecule has 9 heteroatoms. The highest BCUT2D eigenvalue weighted by Crippen LogP contribution is 2.46. The van der Waals surface area contributed by atoms with Crippen molar-refractivity contribution in [3.63, 3.8) is 0 Å². The summed E-state index contributed by atoms with van der Waals surface area (Å²) < 4.78 is 10.7. The van der Waals surface area contributed by atoms with E-state index in [1.807, 2.05) is 18.2 Å². The van der Waals surface area contributed by atoms with Crippen LogP contribution in [0.25, 0.3) is 22.0 Å². The summed E-state index contributed by atoms with van der Waals surface area (Å²) in [4.78, 5) is 9.08. The smallest absolute Gasteiger partial charge is 0.223 e. The minimum Gasteiger partial charge on any atom is -0.495 e. The van der Waals surface area contributed by atoms with Crippen LogP contribution in [-0.4, -0.2) is 42.8 Å². The van der Waals surface area contributed by atoms with E-state index < -0.39 is 0 Å². The molecule has 1 aliphatic heterocycles. The third-order valence-electron chi connectivity index (χ3n) is 5.34. The Morgan fingerprint density at radius 2 is 1.94 bits per heavy atom. The zero-order valence-corrected chi connectivity index (χ0v) is 18.6. The lowest BCUT2D eigenvalue weighted by Gasteiger charge is -2.15. The predicted molar refractivity (Wildman–Crippen MR) is 122 cm³/mol. The fraction of sp³-hybridized carbons (Fsp3) is 0.318. The van der Waals surface area contributed by atoms with E-state index in [9.17, 15) is 0 Å². The number of fused-ring (bicyclic) bond motifs is 1. The molecule has 0 bridgehead atoms. The van der Waals surface area contributed by atoms with Crippen LogP contribution in [0.3, 0.4) is 0 Å². The van der Waals surface area contributed by atoms with Gasteiger partial charge in [0.1, 0.15) is 11.5 Å². The van der Waals surface area contributed by atoms with E-state index in [0.29, 0.717) is 39.5 Å². The molecular weight excluding hydrogens is 437 g/mol. The van der Waals surface area contributed by atoms with Crippen molar-refractivity contribution < 1.29 is 9.47 Å². The summed E-state index contributed by atoms with van der Waals surface area (Å²) in [6, 6.07) is 10.0. The summed E-state index contributed by atoms with van der Waals surface area (Å²) in [6.07, 6.45) is 3.13. The summed E-state index contributed by atoms with van der Waals surface area (Å²) >= 11 is 13.1. The lowest BCUT2D eigenvalue weighted by Crippen LogP contribution is -2.23. The molecule has 2 heterocycles. The maximum absolute atomic E-state index is 8.85. The first kappa shape index (κ1) is 21.4. The number of ether oxygens (including phenoxy) is 2. The molecule has 1 saturated heterocycles. The number of rotatable bonds is 6. The molecule has 1 fully saturated rings. The maximum atomic E-state index is 8.85. The molecule has 160 valence electrons. The van der Waals surface area contributed by atoms with Gasteiger partial charge in [-0.05, 0) is 24.1 Å². The highest BCUT2D eigenvalue weighted by atomic mass is 35.5. The standard InChI is InChI=1S/C22H21Cl2N5O2/c1-30-17-9-18(31-2)21(24)19(20(17)23)12-3-4-16-13(7-12)10-27-22(29-16)28-15-8-14(5-6-25)26-11-15/h3-4,7,9-10,14-15,26H,5,8,11H2,1-2H3,(H,27,28,29)/t14-,15+/m1/s1. The van der Waals surface area contributed by atoms with Crippen LogP contribution >= 0.6 is 23.2 Å². The average Bonchev–Trinajstić information content (AvgIpc) is 3.21. The minimum atomic E-state index is 0.192. The number of nitrogens with zero attached hydrogens (tertiary/aromatic N) is 3. The van der Waals surface area contributed by atoms with E-state index in [-0.39, 0.29) is 12.1 Å². The monoisotopic (exact) mass is 457 g/mol. The van der Waals surface area contributed by atoms with E-state index in [4.69, 9.17) is 37.9 Å². The van der Waals surface area contributed by atoms with Gasteiger partial charge in [-0.25, -0.2) is 9.97 Å². The summed E-state index contributed by atoms with van der Waals surface area (Å²) in [5.74, 6) is 1.52. The van der Waals surface area contributed by atoms with Crippen molar-refractivity contribution in [2.75, 3.05) is 26.1 Å². The molecule has 2 aromatic carbocycles. The number of hydrogen-bond acceptors (Lipinski definition) is 7. The van der Waals surface area contributed by atoms with E-state index in [0.717, 1.165) is 29.4 Å². The van der Waals surface area contributed by atoms with Crippen LogP contribution in [-0.2, 0) is 0 Å². The lowest BCUT2D eigenvalue weighted by molar-refractivity contribution is 0.395. The zero-order valence-electron chi connectivity index (χ0n) is 17.1. The van der Waals surface area contributed by atoms with Crippen LogP contribution in [0.15, 0.2) is 30.5 Å². The van der Waals surface area contributed by atoms with Gasteiger partial charge in [0.05, 0.1) is 42.3 Å². The van der Waals surface area contributed by atoms with Crippen LogP contribution in [0.5, 0.6) is 11.5 Å². The Bertz CT molecular complexity index is 1140. The van der Waals surface area contributed by atoms with Crippen LogP contribution in [0.2, 0.25) is 10.0 Å². The van der Waals surface area contributed by atoms with Gasteiger partial charge in [0.15, 0.2) is 0 Å². The molecule has 3 aromatic rings. The maximum Gasteiger partial charge on any atom is 0.223 e. The van der Waals surface area contributed by atoms with Crippen LogP contribution in [0.4, 0.5) is 5.95 Å². The van der Waals surface area contributed by atoms with E-state index >= 15 is 0 Å². The first-order chi connectivity index (χ1) is 15.0. The van der Waals surface area contributed by atoms with Gasteiger partial charge in [0.2, 0.25) is 5.95 Å². The van der Waals surface area contributed by atoms with Crippen LogP contribution < -0.4 is 20.1 Å². The summed E-state index contributed by atoms with van der Waals surface area (Å²) in [7, 11) is 3.09. The van der Waals surface area contributed by atoms with Crippen molar-refractivity contribution in [3.05, 3.63) is 40.5 Å². The molecule has 31 heavy (non-hydrogen) atoms. The third kappa shape index (κ3) is 4.33. The third-order valence-corrected chi connectivity index (χ3v) is 6.09. The Labute approximate surface area is 190 Å². The average molecular weight is 458 g/mol. The fourth-order valence-corrected chi connectivity index (χ4v) is 4.49. The Balaban J connectivity index is 1.63. The van der Waals surface area contributed by atoms with Gasteiger partial charge in [0.25, 0.3) is 0 Å². The molecule has 0 radical (unpaired) electrons. The molecule has 4 rings (SSSR count). The van der Waals surface area contributed by atoms with Crippen LogP contribution in [0.1, 0.15) is 12.8 Å². The molecule has 2 N–H and O–H groups in total. The number of hydrogen-bond donors (Lipinski definition) is 2. The van der Waals surface area contributed by atoms with Gasteiger partial charge >= 0.3 is 0 Å². The quantitative estimate of drug-likeness (QED) is 0.554. The first-order valence-electron chi connectivity index (χ1n) is 9.78. The Morgan fingerprint density at radius 1 is 1.19 bits per heavy atom. The van der Waals surface area contributed by atoms with Gasteiger partial charge in [0, 0.05) is 41.8 Å². The molecule has 0 unspecified atom stereocenters. The Kier molecular flexibility index (Phi) is 6.33. The molecule has 0 saturated carbocycles. The molecule has 0 spiro atoms. The number of nitrogens with one attached hydrogen (secondary N) is 2. The van der Waals surface area contributed by atoms with Gasteiger partial charge in [-0.1, -0.05) is 29.3 Å². The number of anilines is 1. The highest BCUT2D eigenvalue weighted by molar-refractivity contribution is 6.41. The second-order valence-electron chi connectivity index (χ2n) is 7.30. The van der Waals surface area contributed by atoms with Crippen molar-refractivity contribution in [3.8, 4) is 28.7 Å². The molecule has 1 aliphatic rings. The zero-order chi connectivity index (χ0) is 22.0. The highest BCUT2D eigenvalue weighted by Gasteiger charge is 2.24. The minimum absolute atomic E-state index is 0.192. The number of benzene rings is 2. The largest absolute Gasteiger partial charge is 0.495 e. The molecule has 7 nitrogen and oxygen atoms in total. The number of methoxy groups -OCH3 is 2. The lowest BCUT2D eigenvalue weighted by atomic mass is 10.0. The predicted octanol–water partition coefficient (Wildman–Crippen LogP) is 4.68. The van der Waals surface area contributed by atoms with E-state index in [2.05, 4.69) is 26.7 Å². The van der Waals surface area contributed by atoms with Crippen molar-refractivity contribution in [1.82, 2.24) is 15.3 Å². The normalized spacial score (nSPS) is 18.0. The van der Waals surface area contributed by atoms with Gasteiger partial charge < -0.3 is 20.1 Å². The molecule has 0 amide bonds. The fourth-order valence-electron chi connectivity index (χ4n) is 3.77. The summed E-state index contributed by atoms with van der Waals surface area (Å²) in [5, 5.41) is 17.2. The Hall–Kier alpha value is -2.79. The van der Waals surface area contributed by atoms with Crippen molar-refractivity contribution in [1.29, 1.82) is 5.26 Å². The molecule has 2 atom stereocenters. The van der Waals surface area contributed by atoms with E-state index in [1.165, 1.54) is 0 Å². The number of halogens is 2. The topological polar surface area (TPSA) is 92.1 Å². The number of aromatic nitrogens is 2. The van der Waals surface area contributed by atoms with Gasteiger partial charge in [-0.15, -0.1) is 0 Å². The molecule has 0 aliphatic carbocycles.